The number of hydrogen-bond acceptors (Lipinski definition) is 2. The van der Waals surface area contributed by atoms with Crippen LogP contribution in [-0.2, 0) is 19.4 Å². The molecule has 0 spiro atoms. The molecule has 4 nitrogen and oxygen atoms in total. The summed E-state index contributed by atoms with van der Waals surface area (Å²) in [4.78, 5) is 6.59. The first-order chi connectivity index (χ1) is 11.6. The zero-order chi connectivity index (χ0) is 16.9. The molecule has 0 aliphatic heterocycles. The van der Waals surface area contributed by atoms with Gasteiger partial charge in [-0.2, -0.15) is 0 Å². The highest BCUT2D eigenvalue weighted by Crippen LogP contribution is 2.27. The van der Waals surface area contributed by atoms with Crippen molar-refractivity contribution in [3.63, 3.8) is 0 Å². The molecule has 1 aliphatic rings. The Kier molecular flexibility index (Phi) is 5.04. The van der Waals surface area contributed by atoms with Crippen LogP contribution in [0.5, 0.6) is 0 Å². The Morgan fingerprint density at radius 3 is 2.75 bits per heavy atom. The van der Waals surface area contributed by atoms with Gasteiger partial charge in [-0.05, 0) is 60.6 Å². The van der Waals surface area contributed by atoms with Crippen molar-refractivity contribution in [3.8, 4) is 0 Å². The van der Waals surface area contributed by atoms with Crippen LogP contribution in [-0.4, -0.2) is 20.1 Å². The van der Waals surface area contributed by atoms with E-state index in [-0.39, 0.29) is 0 Å². The number of benzene rings is 2. The summed E-state index contributed by atoms with van der Waals surface area (Å²) in [5.74, 6) is 0.476. The molecular formula is C20H26N4. The summed E-state index contributed by atoms with van der Waals surface area (Å²) in [5.41, 5.74) is 12.4. The van der Waals surface area contributed by atoms with Crippen molar-refractivity contribution in [2.24, 2.45) is 10.7 Å². The molecule has 126 valence electrons. The molecule has 4 heteroatoms. The number of aliphatic imine (C=N–C) groups is 1. The molecular weight excluding hydrogens is 296 g/mol. The van der Waals surface area contributed by atoms with Crippen LogP contribution in [0.4, 0.5) is 11.4 Å². The maximum atomic E-state index is 6.11. The van der Waals surface area contributed by atoms with Crippen molar-refractivity contribution in [2.75, 3.05) is 24.3 Å². The van der Waals surface area contributed by atoms with E-state index in [2.05, 4.69) is 57.7 Å². The highest BCUT2D eigenvalue weighted by Gasteiger charge is 2.13. The zero-order valence-corrected chi connectivity index (χ0v) is 14.5. The molecule has 0 heterocycles. The second-order valence-corrected chi connectivity index (χ2v) is 6.54. The SMILES string of the molecule is CN(C)c1cccc(CN=C(N)Nc2cccc3c2CCCC3)c1. The van der Waals surface area contributed by atoms with Crippen LogP contribution < -0.4 is 16.0 Å². The predicted octanol–water partition coefficient (Wildman–Crippen LogP) is 3.56. The Hall–Kier alpha value is -2.49. The van der Waals surface area contributed by atoms with Gasteiger partial charge in [0.2, 0.25) is 0 Å². The largest absolute Gasteiger partial charge is 0.378 e. The number of aryl methyl sites for hydroxylation is 1. The molecule has 0 bridgehead atoms. The highest BCUT2D eigenvalue weighted by atomic mass is 15.1. The van der Waals surface area contributed by atoms with Crippen molar-refractivity contribution in [2.45, 2.75) is 32.2 Å². The number of anilines is 2. The smallest absolute Gasteiger partial charge is 0.193 e. The maximum Gasteiger partial charge on any atom is 0.193 e. The fourth-order valence-corrected chi connectivity index (χ4v) is 3.19. The summed E-state index contributed by atoms with van der Waals surface area (Å²) in [7, 11) is 4.08. The van der Waals surface area contributed by atoms with E-state index in [4.69, 9.17) is 5.73 Å². The molecule has 24 heavy (non-hydrogen) atoms. The maximum absolute atomic E-state index is 6.11. The van der Waals surface area contributed by atoms with Gasteiger partial charge in [0.25, 0.3) is 0 Å². The summed E-state index contributed by atoms with van der Waals surface area (Å²) in [6.07, 6.45) is 4.82. The lowest BCUT2D eigenvalue weighted by Gasteiger charge is -2.19. The molecule has 2 aromatic rings. The van der Waals surface area contributed by atoms with Crippen LogP contribution in [0.3, 0.4) is 0 Å². The summed E-state index contributed by atoms with van der Waals surface area (Å²) in [6, 6.07) is 14.8. The van der Waals surface area contributed by atoms with Crippen molar-refractivity contribution in [1.29, 1.82) is 0 Å². The molecule has 0 atom stereocenters. The summed E-state index contributed by atoms with van der Waals surface area (Å²) >= 11 is 0. The molecule has 0 radical (unpaired) electrons. The van der Waals surface area contributed by atoms with Crippen LogP contribution in [0.2, 0.25) is 0 Å². The van der Waals surface area contributed by atoms with E-state index in [0.29, 0.717) is 12.5 Å². The van der Waals surface area contributed by atoms with Crippen LogP contribution in [0.15, 0.2) is 47.5 Å². The molecule has 0 saturated heterocycles. The third-order valence-electron chi connectivity index (χ3n) is 4.52. The van der Waals surface area contributed by atoms with Crippen LogP contribution in [0, 0.1) is 0 Å². The molecule has 3 rings (SSSR count). The van der Waals surface area contributed by atoms with Gasteiger partial charge in [0.1, 0.15) is 0 Å². The van der Waals surface area contributed by atoms with Crippen LogP contribution >= 0.6 is 0 Å². The third-order valence-corrected chi connectivity index (χ3v) is 4.52. The lowest BCUT2D eigenvalue weighted by Crippen LogP contribution is -2.24. The van der Waals surface area contributed by atoms with Crippen LogP contribution in [0.25, 0.3) is 0 Å². The van der Waals surface area contributed by atoms with Crippen molar-refractivity contribution >= 4 is 17.3 Å². The first-order valence-electron chi connectivity index (χ1n) is 8.57. The average molecular weight is 322 g/mol. The van der Waals surface area contributed by atoms with Crippen molar-refractivity contribution in [1.82, 2.24) is 0 Å². The Balaban J connectivity index is 1.70. The normalized spacial score (nSPS) is 14.2. The first kappa shape index (κ1) is 16.4. The van der Waals surface area contributed by atoms with E-state index in [0.717, 1.165) is 17.7 Å². The zero-order valence-electron chi connectivity index (χ0n) is 14.5. The van der Waals surface area contributed by atoms with E-state index in [1.165, 1.54) is 36.1 Å². The molecule has 0 unspecified atom stereocenters. The number of rotatable bonds is 4. The van der Waals surface area contributed by atoms with Crippen molar-refractivity contribution in [3.05, 3.63) is 59.2 Å². The highest BCUT2D eigenvalue weighted by molar-refractivity contribution is 5.93. The van der Waals surface area contributed by atoms with Gasteiger partial charge in [0.15, 0.2) is 5.96 Å². The molecule has 2 aromatic carbocycles. The lowest BCUT2D eigenvalue weighted by atomic mass is 9.90. The second kappa shape index (κ2) is 7.39. The van der Waals surface area contributed by atoms with E-state index < -0.39 is 0 Å². The molecule has 0 saturated carbocycles. The van der Waals surface area contributed by atoms with Gasteiger partial charge in [-0.3, -0.25) is 0 Å². The topological polar surface area (TPSA) is 53.6 Å². The third kappa shape index (κ3) is 3.88. The average Bonchev–Trinajstić information content (AvgIpc) is 2.60. The molecule has 0 fully saturated rings. The van der Waals surface area contributed by atoms with Gasteiger partial charge in [-0.15, -0.1) is 0 Å². The standard InChI is InChI=1S/C20H26N4/c1-24(2)17-10-5-7-15(13-17)14-22-20(21)23-19-12-6-9-16-8-3-4-11-18(16)19/h5-7,9-10,12-13H,3-4,8,11,14H2,1-2H3,(H3,21,22,23). The van der Waals surface area contributed by atoms with E-state index in [9.17, 15) is 0 Å². The summed E-state index contributed by atoms with van der Waals surface area (Å²) < 4.78 is 0. The molecule has 0 amide bonds. The quantitative estimate of drug-likeness (QED) is 0.668. The number of nitrogens with two attached hydrogens (primary N) is 1. The molecule has 3 N–H and O–H groups in total. The van der Waals surface area contributed by atoms with Gasteiger partial charge in [0.05, 0.1) is 6.54 Å². The first-order valence-corrected chi connectivity index (χ1v) is 8.57. The van der Waals surface area contributed by atoms with Gasteiger partial charge >= 0.3 is 0 Å². The van der Waals surface area contributed by atoms with E-state index >= 15 is 0 Å². The fourth-order valence-electron chi connectivity index (χ4n) is 3.19. The van der Waals surface area contributed by atoms with Gasteiger partial charge in [0, 0.05) is 25.5 Å². The van der Waals surface area contributed by atoms with Crippen LogP contribution in [0.1, 0.15) is 29.5 Å². The second-order valence-electron chi connectivity index (χ2n) is 6.54. The Bertz CT molecular complexity index is 734. The minimum Gasteiger partial charge on any atom is -0.378 e. The van der Waals surface area contributed by atoms with Crippen molar-refractivity contribution < 1.29 is 0 Å². The Morgan fingerprint density at radius 2 is 1.92 bits per heavy atom. The number of fused-ring (bicyclic) bond motifs is 1. The summed E-state index contributed by atoms with van der Waals surface area (Å²) in [5, 5.41) is 3.29. The Morgan fingerprint density at radius 1 is 1.12 bits per heavy atom. The van der Waals surface area contributed by atoms with Gasteiger partial charge < -0.3 is 16.0 Å². The number of nitrogens with zero attached hydrogens (tertiary/aromatic N) is 2. The number of guanidine groups is 1. The minimum absolute atomic E-state index is 0.476. The molecule has 0 aromatic heterocycles. The van der Waals surface area contributed by atoms with E-state index in [1.54, 1.807) is 0 Å². The number of hydrogen-bond donors (Lipinski definition) is 2. The minimum atomic E-state index is 0.476. The monoisotopic (exact) mass is 322 g/mol. The Labute approximate surface area is 144 Å². The fraction of sp³-hybridized carbons (Fsp3) is 0.350. The van der Waals surface area contributed by atoms with Gasteiger partial charge in [-0.25, -0.2) is 4.99 Å². The summed E-state index contributed by atoms with van der Waals surface area (Å²) in [6.45, 7) is 0.579. The molecule has 1 aliphatic carbocycles. The predicted molar refractivity (Wildman–Crippen MR) is 103 cm³/mol. The lowest BCUT2D eigenvalue weighted by molar-refractivity contribution is 0.687. The number of nitrogens with one attached hydrogen (secondary N) is 1. The van der Waals surface area contributed by atoms with E-state index in [1.807, 2.05) is 14.1 Å². The van der Waals surface area contributed by atoms with Gasteiger partial charge in [-0.1, -0.05) is 24.3 Å².